The summed E-state index contributed by atoms with van der Waals surface area (Å²) in [5.74, 6) is 1.35. The summed E-state index contributed by atoms with van der Waals surface area (Å²) in [6, 6.07) is 7.82. The number of H-pyrrole nitrogens is 1. The zero-order valence-electron chi connectivity index (χ0n) is 17.2. The number of fused-ring (bicyclic) bond motifs is 1. The number of amides is 1. The van der Waals surface area contributed by atoms with Gasteiger partial charge in [-0.15, -0.1) is 0 Å². The van der Waals surface area contributed by atoms with Crippen molar-refractivity contribution >= 4 is 29.0 Å². The molecule has 1 aliphatic heterocycles. The number of imidazole rings is 1. The van der Waals surface area contributed by atoms with Crippen LogP contribution in [0.5, 0.6) is 5.75 Å². The largest absolute Gasteiger partial charge is 0.491 e. The minimum absolute atomic E-state index is 0.0551. The SMILES string of the molecule is O=C(/C=C/c1ccccc1OC[C@H]1CCCN1c1ncnc2[nH]cnc12)NCCCO. The van der Waals surface area contributed by atoms with E-state index in [2.05, 4.69) is 30.2 Å². The van der Waals surface area contributed by atoms with Gasteiger partial charge in [0.1, 0.15) is 24.2 Å². The summed E-state index contributed by atoms with van der Waals surface area (Å²) in [7, 11) is 0. The first-order valence-corrected chi connectivity index (χ1v) is 10.5. The maximum Gasteiger partial charge on any atom is 0.244 e. The number of aliphatic hydroxyl groups excluding tert-OH is 1. The molecule has 1 fully saturated rings. The van der Waals surface area contributed by atoms with Gasteiger partial charge in [-0.05, 0) is 31.4 Å². The van der Waals surface area contributed by atoms with Crippen molar-refractivity contribution in [3.63, 3.8) is 0 Å². The highest BCUT2D eigenvalue weighted by Crippen LogP contribution is 2.29. The maximum absolute atomic E-state index is 11.9. The molecule has 0 unspecified atom stereocenters. The number of nitrogens with one attached hydrogen (secondary N) is 2. The van der Waals surface area contributed by atoms with E-state index in [0.717, 1.165) is 47.7 Å². The second-order valence-corrected chi connectivity index (χ2v) is 7.34. The van der Waals surface area contributed by atoms with Gasteiger partial charge in [-0.3, -0.25) is 4.79 Å². The number of rotatable bonds is 9. The molecule has 1 amide bonds. The van der Waals surface area contributed by atoms with Gasteiger partial charge in [0.25, 0.3) is 0 Å². The first-order chi connectivity index (χ1) is 15.3. The highest BCUT2D eigenvalue weighted by Gasteiger charge is 2.28. The van der Waals surface area contributed by atoms with E-state index in [1.807, 2.05) is 24.3 Å². The van der Waals surface area contributed by atoms with Crippen LogP contribution in [0.3, 0.4) is 0 Å². The smallest absolute Gasteiger partial charge is 0.244 e. The maximum atomic E-state index is 11.9. The molecule has 0 saturated carbocycles. The summed E-state index contributed by atoms with van der Waals surface area (Å²) in [5, 5.41) is 11.5. The number of para-hydroxylation sites is 1. The second-order valence-electron chi connectivity index (χ2n) is 7.34. The van der Waals surface area contributed by atoms with Crippen LogP contribution >= 0.6 is 0 Å². The number of aliphatic hydroxyl groups is 1. The number of ether oxygens (including phenoxy) is 1. The molecule has 3 heterocycles. The molecule has 1 aromatic carbocycles. The molecular weight excluding hydrogens is 396 g/mol. The van der Waals surface area contributed by atoms with E-state index in [4.69, 9.17) is 9.84 Å². The zero-order valence-corrected chi connectivity index (χ0v) is 17.2. The van der Waals surface area contributed by atoms with Crippen molar-refractivity contribution in [2.24, 2.45) is 0 Å². The lowest BCUT2D eigenvalue weighted by Crippen LogP contribution is -2.35. The van der Waals surface area contributed by atoms with Gasteiger partial charge in [0, 0.05) is 31.3 Å². The van der Waals surface area contributed by atoms with Gasteiger partial charge in [0.2, 0.25) is 5.91 Å². The third-order valence-electron chi connectivity index (χ3n) is 5.25. The Bertz CT molecular complexity index is 1050. The molecule has 1 saturated heterocycles. The lowest BCUT2D eigenvalue weighted by atomic mass is 10.2. The first-order valence-electron chi connectivity index (χ1n) is 10.5. The third-order valence-corrected chi connectivity index (χ3v) is 5.25. The van der Waals surface area contributed by atoms with E-state index < -0.39 is 0 Å². The van der Waals surface area contributed by atoms with Crippen molar-refractivity contribution in [2.75, 3.05) is 31.2 Å². The molecule has 31 heavy (non-hydrogen) atoms. The van der Waals surface area contributed by atoms with E-state index in [0.29, 0.717) is 19.6 Å². The molecule has 0 bridgehead atoms. The Morgan fingerprint density at radius 3 is 3.13 bits per heavy atom. The number of hydrogen-bond donors (Lipinski definition) is 3. The summed E-state index contributed by atoms with van der Waals surface area (Å²) in [6.45, 7) is 1.90. The lowest BCUT2D eigenvalue weighted by molar-refractivity contribution is -0.116. The number of anilines is 1. The number of hydrogen-bond acceptors (Lipinski definition) is 7. The van der Waals surface area contributed by atoms with Crippen LogP contribution in [0.25, 0.3) is 17.2 Å². The fourth-order valence-corrected chi connectivity index (χ4v) is 3.70. The molecule has 0 aliphatic carbocycles. The van der Waals surface area contributed by atoms with Crippen molar-refractivity contribution in [3.05, 3.63) is 48.6 Å². The van der Waals surface area contributed by atoms with Crippen LogP contribution < -0.4 is 15.0 Å². The number of aromatic amines is 1. The third kappa shape index (κ3) is 5.00. The fraction of sp³-hybridized carbons (Fsp3) is 0.364. The quantitative estimate of drug-likeness (QED) is 0.356. The molecule has 2 aromatic heterocycles. The number of carbonyl (C=O) groups excluding carboxylic acids is 1. The molecule has 9 nitrogen and oxygen atoms in total. The normalized spacial score (nSPS) is 16.3. The predicted octanol–water partition coefficient (Wildman–Crippen LogP) is 1.91. The Morgan fingerprint density at radius 1 is 1.32 bits per heavy atom. The van der Waals surface area contributed by atoms with E-state index in [1.54, 1.807) is 18.7 Å². The highest BCUT2D eigenvalue weighted by atomic mass is 16.5. The number of carbonyl (C=O) groups is 1. The lowest BCUT2D eigenvalue weighted by Gasteiger charge is -2.26. The molecule has 162 valence electrons. The molecule has 1 aliphatic rings. The Labute approximate surface area is 180 Å². The standard InChI is InChI=1S/C22H26N6O3/c29-12-4-10-23-19(30)9-8-16-5-1-2-7-18(16)31-13-17-6-3-11-28(17)22-20-21(25-14-24-20)26-15-27-22/h1-2,5,7-9,14-15,17,29H,3-4,6,10-13H2,(H,23,30)(H,24,25,26,27)/b9-8+/t17-/m1/s1. The van der Waals surface area contributed by atoms with E-state index in [-0.39, 0.29) is 18.6 Å². The summed E-state index contributed by atoms with van der Waals surface area (Å²) in [6.07, 6.45) is 9.00. The Morgan fingerprint density at radius 2 is 2.23 bits per heavy atom. The van der Waals surface area contributed by atoms with Crippen molar-refractivity contribution in [2.45, 2.75) is 25.3 Å². The summed E-state index contributed by atoms with van der Waals surface area (Å²) < 4.78 is 6.17. The van der Waals surface area contributed by atoms with Gasteiger partial charge in [0.05, 0.1) is 12.4 Å². The van der Waals surface area contributed by atoms with E-state index in [1.165, 1.54) is 6.08 Å². The Balaban J connectivity index is 1.42. The first kappa shape index (κ1) is 20.8. The molecule has 4 rings (SSSR count). The van der Waals surface area contributed by atoms with Crippen LogP contribution in [0.15, 0.2) is 43.0 Å². The Kier molecular flexibility index (Phi) is 6.73. The Hall–Kier alpha value is -3.46. The minimum Gasteiger partial charge on any atom is -0.491 e. The van der Waals surface area contributed by atoms with Gasteiger partial charge in [-0.2, -0.15) is 0 Å². The van der Waals surface area contributed by atoms with Crippen molar-refractivity contribution in [3.8, 4) is 5.75 Å². The zero-order chi connectivity index (χ0) is 21.5. The molecule has 0 spiro atoms. The van der Waals surface area contributed by atoms with Crippen molar-refractivity contribution in [1.29, 1.82) is 0 Å². The molecule has 1 atom stereocenters. The summed E-state index contributed by atoms with van der Waals surface area (Å²) in [5.41, 5.74) is 2.33. The molecule has 3 N–H and O–H groups in total. The average Bonchev–Trinajstić information content (AvgIpc) is 3.46. The molecule has 9 heteroatoms. The molecular formula is C22H26N6O3. The summed E-state index contributed by atoms with van der Waals surface area (Å²) in [4.78, 5) is 30.2. The van der Waals surface area contributed by atoms with Crippen LogP contribution in [0, 0.1) is 0 Å². The van der Waals surface area contributed by atoms with Gasteiger partial charge >= 0.3 is 0 Å². The number of benzene rings is 1. The number of nitrogens with zero attached hydrogens (tertiary/aromatic N) is 4. The van der Waals surface area contributed by atoms with Gasteiger partial charge in [0.15, 0.2) is 11.5 Å². The molecule has 3 aromatic rings. The predicted molar refractivity (Wildman–Crippen MR) is 118 cm³/mol. The second kappa shape index (κ2) is 10.0. The minimum atomic E-state index is -0.197. The van der Waals surface area contributed by atoms with Gasteiger partial charge in [-0.1, -0.05) is 18.2 Å². The van der Waals surface area contributed by atoms with Crippen LogP contribution in [0.4, 0.5) is 5.82 Å². The topological polar surface area (TPSA) is 116 Å². The van der Waals surface area contributed by atoms with Crippen LogP contribution in [-0.4, -0.2) is 63.3 Å². The summed E-state index contributed by atoms with van der Waals surface area (Å²) >= 11 is 0. The average molecular weight is 422 g/mol. The molecule has 0 radical (unpaired) electrons. The van der Waals surface area contributed by atoms with Crippen LogP contribution in [0.2, 0.25) is 0 Å². The monoisotopic (exact) mass is 422 g/mol. The van der Waals surface area contributed by atoms with E-state index in [9.17, 15) is 4.79 Å². The van der Waals surface area contributed by atoms with Crippen molar-refractivity contribution < 1.29 is 14.6 Å². The van der Waals surface area contributed by atoms with Crippen molar-refractivity contribution in [1.82, 2.24) is 25.3 Å². The van der Waals surface area contributed by atoms with Gasteiger partial charge in [-0.25, -0.2) is 15.0 Å². The van der Waals surface area contributed by atoms with Crippen LogP contribution in [-0.2, 0) is 4.79 Å². The fourth-order valence-electron chi connectivity index (χ4n) is 3.70. The van der Waals surface area contributed by atoms with Crippen LogP contribution in [0.1, 0.15) is 24.8 Å². The van der Waals surface area contributed by atoms with E-state index >= 15 is 0 Å². The highest BCUT2D eigenvalue weighted by molar-refractivity contribution is 5.92. The number of aromatic nitrogens is 4. The van der Waals surface area contributed by atoms with Gasteiger partial charge < -0.3 is 25.0 Å².